The number of amides is 2. The summed E-state index contributed by atoms with van der Waals surface area (Å²) in [5, 5.41) is 6.38. The van der Waals surface area contributed by atoms with Gasteiger partial charge in [0.05, 0.1) is 31.8 Å². The number of unbranched alkanes of at least 4 members (excludes halogenated alkanes) is 2. The standard InChI is InChI=1S/C26H31N3O4/c1-18-13-23(32-2)21(24(14-18)33-3)10-5-4-8-12-27-25(30)17-29-26(31)20-15-19-9-6-7-11-22(19)28-16-20/h6-7,9,11,13-16H,4-5,8,10,12,17H2,1-3H3,(H,27,30)(H,29,31). The topological polar surface area (TPSA) is 89.5 Å². The van der Waals surface area contributed by atoms with Crippen molar-refractivity contribution in [1.82, 2.24) is 15.6 Å². The lowest BCUT2D eigenvalue weighted by molar-refractivity contribution is -0.120. The van der Waals surface area contributed by atoms with E-state index in [-0.39, 0.29) is 18.4 Å². The van der Waals surface area contributed by atoms with E-state index < -0.39 is 0 Å². The van der Waals surface area contributed by atoms with Gasteiger partial charge >= 0.3 is 0 Å². The van der Waals surface area contributed by atoms with Gasteiger partial charge in [-0.05, 0) is 56.0 Å². The van der Waals surface area contributed by atoms with Crippen molar-refractivity contribution in [1.29, 1.82) is 0 Å². The number of rotatable bonds is 11. The van der Waals surface area contributed by atoms with Crippen LogP contribution < -0.4 is 20.1 Å². The van der Waals surface area contributed by atoms with E-state index in [0.29, 0.717) is 12.1 Å². The minimum Gasteiger partial charge on any atom is -0.496 e. The Morgan fingerprint density at radius 1 is 0.939 bits per heavy atom. The number of carbonyl (C=O) groups excluding carboxylic acids is 2. The number of aromatic nitrogens is 1. The predicted molar refractivity (Wildman–Crippen MR) is 129 cm³/mol. The smallest absolute Gasteiger partial charge is 0.253 e. The molecule has 0 aliphatic heterocycles. The van der Waals surface area contributed by atoms with E-state index in [1.165, 1.54) is 6.20 Å². The fourth-order valence-corrected chi connectivity index (χ4v) is 3.71. The van der Waals surface area contributed by atoms with Gasteiger partial charge in [-0.15, -0.1) is 0 Å². The van der Waals surface area contributed by atoms with Crippen LogP contribution in [0.15, 0.2) is 48.7 Å². The third kappa shape index (κ3) is 6.68. The molecule has 2 N–H and O–H groups in total. The quantitative estimate of drug-likeness (QED) is 0.435. The molecule has 1 heterocycles. The minimum absolute atomic E-state index is 0.0660. The number of hydrogen-bond donors (Lipinski definition) is 2. The van der Waals surface area contributed by atoms with Crippen LogP contribution in [0.1, 0.15) is 40.7 Å². The molecule has 0 atom stereocenters. The van der Waals surface area contributed by atoms with Crippen molar-refractivity contribution in [3.05, 3.63) is 65.4 Å². The van der Waals surface area contributed by atoms with Crippen molar-refractivity contribution in [3.8, 4) is 11.5 Å². The van der Waals surface area contributed by atoms with Crippen LogP contribution in [0.25, 0.3) is 10.9 Å². The molecular formula is C26H31N3O4. The zero-order valence-corrected chi connectivity index (χ0v) is 19.4. The molecule has 3 aromatic rings. The summed E-state index contributed by atoms with van der Waals surface area (Å²) in [5.41, 5.74) is 3.43. The summed E-state index contributed by atoms with van der Waals surface area (Å²) in [6.45, 7) is 2.51. The summed E-state index contributed by atoms with van der Waals surface area (Å²) >= 11 is 0. The Morgan fingerprint density at radius 3 is 2.39 bits per heavy atom. The summed E-state index contributed by atoms with van der Waals surface area (Å²) < 4.78 is 11.0. The molecule has 0 saturated carbocycles. The molecule has 0 radical (unpaired) electrons. The van der Waals surface area contributed by atoms with Crippen LogP contribution >= 0.6 is 0 Å². The average Bonchev–Trinajstić information content (AvgIpc) is 2.84. The Labute approximate surface area is 194 Å². The fourth-order valence-electron chi connectivity index (χ4n) is 3.71. The molecule has 7 heteroatoms. The molecule has 0 aliphatic rings. The molecule has 0 saturated heterocycles. The third-order valence-corrected chi connectivity index (χ3v) is 5.44. The number of aryl methyl sites for hydroxylation is 1. The van der Waals surface area contributed by atoms with Crippen molar-refractivity contribution < 1.29 is 19.1 Å². The molecule has 0 aliphatic carbocycles. The predicted octanol–water partition coefficient (Wildman–Crippen LogP) is 3.82. The third-order valence-electron chi connectivity index (χ3n) is 5.44. The Balaban J connectivity index is 1.36. The molecule has 33 heavy (non-hydrogen) atoms. The molecular weight excluding hydrogens is 418 g/mol. The van der Waals surface area contributed by atoms with E-state index in [0.717, 1.165) is 59.2 Å². The van der Waals surface area contributed by atoms with Gasteiger partial charge in [0.15, 0.2) is 0 Å². The Hall–Kier alpha value is -3.61. The maximum absolute atomic E-state index is 12.3. The number of para-hydroxylation sites is 1. The van der Waals surface area contributed by atoms with Gasteiger partial charge in [-0.2, -0.15) is 0 Å². The first-order valence-corrected chi connectivity index (χ1v) is 11.1. The second-order valence-electron chi connectivity index (χ2n) is 7.91. The lowest BCUT2D eigenvalue weighted by Crippen LogP contribution is -2.37. The van der Waals surface area contributed by atoms with Crippen LogP contribution in [0.5, 0.6) is 11.5 Å². The number of pyridine rings is 1. The van der Waals surface area contributed by atoms with E-state index >= 15 is 0 Å². The summed E-state index contributed by atoms with van der Waals surface area (Å²) in [7, 11) is 3.34. The molecule has 7 nitrogen and oxygen atoms in total. The van der Waals surface area contributed by atoms with Gasteiger partial charge in [0, 0.05) is 23.7 Å². The maximum Gasteiger partial charge on any atom is 0.253 e. The van der Waals surface area contributed by atoms with Crippen molar-refractivity contribution in [3.63, 3.8) is 0 Å². The molecule has 2 aromatic carbocycles. The van der Waals surface area contributed by atoms with Gasteiger partial charge in [-0.25, -0.2) is 0 Å². The fraction of sp³-hybridized carbons (Fsp3) is 0.346. The number of carbonyl (C=O) groups is 2. The van der Waals surface area contributed by atoms with Gasteiger partial charge in [-0.3, -0.25) is 14.6 Å². The van der Waals surface area contributed by atoms with Crippen molar-refractivity contribution in [2.75, 3.05) is 27.3 Å². The zero-order chi connectivity index (χ0) is 23.6. The van der Waals surface area contributed by atoms with E-state index in [2.05, 4.69) is 15.6 Å². The molecule has 174 valence electrons. The van der Waals surface area contributed by atoms with Crippen molar-refractivity contribution in [2.24, 2.45) is 0 Å². The second-order valence-corrected chi connectivity index (χ2v) is 7.91. The molecule has 0 bridgehead atoms. The average molecular weight is 450 g/mol. The van der Waals surface area contributed by atoms with Gasteiger partial charge < -0.3 is 20.1 Å². The van der Waals surface area contributed by atoms with Crippen LogP contribution in [0, 0.1) is 6.92 Å². The number of nitrogens with one attached hydrogen (secondary N) is 2. The first-order valence-electron chi connectivity index (χ1n) is 11.1. The SMILES string of the molecule is COc1cc(C)cc(OC)c1CCCCCNC(=O)CNC(=O)c1cnc2ccccc2c1. The van der Waals surface area contributed by atoms with Gasteiger partial charge in [0.25, 0.3) is 5.91 Å². The van der Waals surface area contributed by atoms with E-state index in [9.17, 15) is 9.59 Å². The highest BCUT2D eigenvalue weighted by Gasteiger charge is 2.12. The maximum atomic E-state index is 12.3. The van der Waals surface area contributed by atoms with Gasteiger partial charge in [0.2, 0.25) is 5.91 Å². The normalized spacial score (nSPS) is 10.6. The first-order chi connectivity index (χ1) is 16.0. The number of benzene rings is 2. The molecule has 0 fully saturated rings. The van der Waals surface area contributed by atoms with Crippen molar-refractivity contribution in [2.45, 2.75) is 32.6 Å². The highest BCUT2D eigenvalue weighted by Crippen LogP contribution is 2.31. The highest BCUT2D eigenvalue weighted by molar-refractivity contribution is 5.98. The highest BCUT2D eigenvalue weighted by atomic mass is 16.5. The summed E-state index contributed by atoms with van der Waals surface area (Å²) in [6, 6.07) is 13.4. The number of fused-ring (bicyclic) bond motifs is 1. The van der Waals surface area contributed by atoms with E-state index in [1.807, 2.05) is 43.3 Å². The molecule has 1 aromatic heterocycles. The van der Waals surface area contributed by atoms with Crippen LogP contribution in [0.2, 0.25) is 0 Å². The number of ether oxygens (including phenoxy) is 2. The van der Waals surface area contributed by atoms with Gasteiger partial charge in [-0.1, -0.05) is 24.6 Å². The van der Waals surface area contributed by atoms with Crippen LogP contribution in [0.4, 0.5) is 0 Å². The Kier molecular flexibility index (Phi) is 8.63. The molecule has 0 spiro atoms. The summed E-state index contributed by atoms with van der Waals surface area (Å²) in [4.78, 5) is 28.7. The molecule has 3 rings (SSSR count). The van der Waals surface area contributed by atoms with E-state index in [1.54, 1.807) is 20.3 Å². The van der Waals surface area contributed by atoms with E-state index in [4.69, 9.17) is 9.47 Å². The number of nitrogens with zero attached hydrogens (tertiary/aromatic N) is 1. The van der Waals surface area contributed by atoms with Gasteiger partial charge in [0.1, 0.15) is 11.5 Å². The summed E-state index contributed by atoms with van der Waals surface area (Å²) in [6.07, 6.45) is 5.13. The lowest BCUT2D eigenvalue weighted by atomic mass is 10.0. The molecule has 2 amide bonds. The van der Waals surface area contributed by atoms with Crippen molar-refractivity contribution >= 4 is 22.7 Å². The first kappa shape index (κ1) is 24.0. The Bertz CT molecular complexity index is 1090. The Morgan fingerprint density at radius 2 is 1.67 bits per heavy atom. The molecule has 0 unspecified atom stereocenters. The number of hydrogen-bond acceptors (Lipinski definition) is 5. The van der Waals surface area contributed by atoms with Crippen LogP contribution in [0.3, 0.4) is 0 Å². The van der Waals surface area contributed by atoms with Crippen LogP contribution in [-0.4, -0.2) is 44.1 Å². The minimum atomic E-state index is -0.315. The lowest BCUT2D eigenvalue weighted by Gasteiger charge is -2.14. The number of methoxy groups -OCH3 is 2. The monoisotopic (exact) mass is 449 g/mol. The van der Waals surface area contributed by atoms with Crippen LogP contribution in [-0.2, 0) is 11.2 Å². The largest absolute Gasteiger partial charge is 0.496 e. The summed E-state index contributed by atoms with van der Waals surface area (Å²) in [5.74, 6) is 1.17. The second kappa shape index (κ2) is 11.9. The zero-order valence-electron chi connectivity index (χ0n) is 19.4.